The van der Waals surface area contributed by atoms with Crippen molar-refractivity contribution in [2.45, 2.75) is 50.7 Å². The Hall–Kier alpha value is -0.990. The molecule has 2 fully saturated rings. The van der Waals surface area contributed by atoms with Gasteiger partial charge in [-0.3, -0.25) is 0 Å². The van der Waals surface area contributed by atoms with E-state index in [2.05, 4.69) is 11.9 Å². The van der Waals surface area contributed by atoms with Gasteiger partial charge in [0.2, 0.25) is 0 Å². The molecule has 1 aliphatic carbocycles. The first kappa shape index (κ1) is 10.5. The molecule has 2 rings (SSSR count). The van der Waals surface area contributed by atoms with Crippen LogP contribution in [0.4, 0.5) is 4.79 Å². The van der Waals surface area contributed by atoms with Gasteiger partial charge < -0.3 is 10.1 Å². The maximum absolute atomic E-state index is 11.1. The quantitative estimate of drug-likeness (QED) is 0.726. The third kappa shape index (κ3) is 2.52. The van der Waals surface area contributed by atoms with Crippen molar-refractivity contribution in [3.63, 3.8) is 0 Å². The third-order valence-corrected chi connectivity index (χ3v) is 3.49. The summed E-state index contributed by atoms with van der Waals surface area (Å²) < 4.78 is 5.10. The lowest BCUT2D eigenvalue weighted by atomic mass is 9.84. The van der Waals surface area contributed by atoms with Gasteiger partial charge in [-0.15, -0.1) is 0 Å². The van der Waals surface area contributed by atoms with E-state index in [1.807, 2.05) is 0 Å². The Morgan fingerprint density at radius 1 is 1.40 bits per heavy atom. The first-order valence-electron chi connectivity index (χ1n) is 5.89. The summed E-state index contributed by atoms with van der Waals surface area (Å²) in [5.41, 5.74) is 0. The first-order chi connectivity index (χ1) is 7.29. The van der Waals surface area contributed by atoms with Gasteiger partial charge in [-0.05, 0) is 18.4 Å². The van der Waals surface area contributed by atoms with Crippen LogP contribution in [0.3, 0.4) is 0 Å². The van der Waals surface area contributed by atoms with Gasteiger partial charge in [-0.25, -0.2) is 4.79 Å². The molecule has 0 bridgehead atoms. The monoisotopic (exact) mass is 209 g/mol. The fraction of sp³-hybridized carbons (Fsp3) is 0.750. The molecule has 1 N–H and O–H groups in total. The van der Waals surface area contributed by atoms with Gasteiger partial charge in [0.25, 0.3) is 0 Å². The zero-order valence-corrected chi connectivity index (χ0v) is 9.08. The summed E-state index contributed by atoms with van der Waals surface area (Å²) in [6, 6.07) is 0.151. The molecule has 0 aromatic rings. The first-order valence-corrected chi connectivity index (χ1v) is 5.89. The van der Waals surface area contributed by atoms with Gasteiger partial charge in [0.15, 0.2) is 0 Å². The zero-order valence-electron chi connectivity index (χ0n) is 9.08. The van der Waals surface area contributed by atoms with Crippen molar-refractivity contribution < 1.29 is 9.53 Å². The third-order valence-electron chi connectivity index (χ3n) is 3.49. The van der Waals surface area contributed by atoms with Crippen molar-refractivity contribution in [1.29, 1.82) is 0 Å². The van der Waals surface area contributed by atoms with E-state index in [0.717, 1.165) is 12.3 Å². The van der Waals surface area contributed by atoms with Crippen LogP contribution in [0.5, 0.6) is 0 Å². The average Bonchev–Trinajstić information content (AvgIpc) is 2.60. The lowest BCUT2D eigenvalue weighted by Gasteiger charge is -2.25. The van der Waals surface area contributed by atoms with E-state index in [4.69, 9.17) is 4.74 Å². The van der Waals surface area contributed by atoms with Gasteiger partial charge >= 0.3 is 6.09 Å². The molecular weight excluding hydrogens is 190 g/mol. The second-order valence-electron chi connectivity index (χ2n) is 4.60. The van der Waals surface area contributed by atoms with E-state index in [0.29, 0.717) is 0 Å². The predicted octanol–water partition coefficient (Wildman–Crippen LogP) is 2.62. The number of hydrogen-bond donors (Lipinski definition) is 1. The number of nitrogens with one attached hydrogen (secondary N) is 1. The summed E-state index contributed by atoms with van der Waals surface area (Å²) in [6.45, 7) is 3.70. The molecule has 0 spiro atoms. The minimum atomic E-state index is -0.291. The maximum Gasteiger partial charge on any atom is 0.408 e. The zero-order chi connectivity index (χ0) is 10.7. The Labute approximate surface area is 90.9 Å². The molecule has 1 heterocycles. The second kappa shape index (κ2) is 4.69. The highest BCUT2D eigenvalue weighted by molar-refractivity contribution is 5.70. The highest BCUT2D eigenvalue weighted by Crippen LogP contribution is 2.29. The predicted molar refractivity (Wildman–Crippen MR) is 58.6 cm³/mol. The lowest BCUT2D eigenvalue weighted by Crippen LogP contribution is -2.33. The van der Waals surface area contributed by atoms with Crippen LogP contribution in [0.15, 0.2) is 12.7 Å². The summed E-state index contributed by atoms with van der Waals surface area (Å²) in [4.78, 5) is 11.1. The van der Waals surface area contributed by atoms with Crippen LogP contribution in [0.2, 0.25) is 0 Å². The smallest absolute Gasteiger partial charge is 0.408 e. The summed E-state index contributed by atoms with van der Waals surface area (Å²) in [7, 11) is 0. The van der Waals surface area contributed by atoms with Crippen molar-refractivity contribution in [3.8, 4) is 0 Å². The van der Waals surface area contributed by atoms with Crippen LogP contribution in [0.25, 0.3) is 0 Å². The number of cyclic esters (lactones) is 1. The fourth-order valence-corrected chi connectivity index (χ4v) is 2.66. The topological polar surface area (TPSA) is 38.3 Å². The SMILES string of the molecule is C=C[C@H]1OC(=O)N[C@H]1CC1CCCCC1. The van der Waals surface area contributed by atoms with Crippen molar-refractivity contribution in [2.75, 3.05) is 0 Å². The number of hydrogen-bond acceptors (Lipinski definition) is 2. The highest BCUT2D eigenvalue weighted by atomic mass is 16.6. The standard InChI is InChI=1S/C12H19NO2/c1-2-11-10(13-12(14)15-11)8-9-6-4-3-5-7-9/h2,9-11H,1,3-8H2,(H,13,14)/t10-,11+/m0/s1. The van der Waals surface area contributed by atoms with E-state index in [9.17, 15) is 4.79 Å². The van der Waals surface area contributed by atoms with Crippen molar-refractivity contribution >= 4 is 6.09 Å². The number of amides is 1. The van der Waals surface area contributed by atoms with E-state index in [1.165, 1.54) is 32.1 Å². The minimum Gasteiger partial charge on any atom is -0.440 e. The molecule has 1 saturated heterocycles. The largest absolute Gasteiger partial charge is 0.440 e. The molecule has 0 unspecified atom stereocenters. The number of alkyl carbamates (subject to hydrolysis) is 1. The van der Waals surface area contributed by atoms with Crippen LogP contribution < -0.4 is 5.32 Å². The molecule has 1 aliphatic heterocycles. The molecule has 0 aromatic heterocycles. The Bertz CT molecular complexity index is 246. The molecule has 0 radical (unpaired) electrons. The van der Waals surface area contributed by atoms with Crippen LogP contribution in [-0.4, -0.2) is 18.2 Å². The molecule has 84 valence electrons. The van der Waals surface area contributed by atoms with Gasteiger partial charge in [0.05, 0.1) is 6.04 Å². The van der Waals surface area contributed by atoms with Gasteiger partial charge in [-0.1, -0.05) is 38.7 Å². The van der Waals surface area contributed by atoms with Gasteiger partial charge in [-0.2, -0.15) is 0 Å². The molecule has 2 atom stereocenters. The molecule has 3 nitrogen and oxygen atoms in total. The molecular formula is C12H19NO2. The molecule has 1 saturated carbocycles. The Morgan fingerprint density at radius 3 is 2.80 bits per heavy atom. The number of carbonyl (C=O) groups excluding carboxylic acids is 1. The summed E-state index contributed by atoms with van der Waals surface area (Å²) in [6.07, 6.45) is 9.01. The average molecular weight is 209 g/mol. The second-order valence-corrected chi connectivity index (χ2v) is 4.60. The molecule has 3 heteroatoms. The van der Waals surface area contributed by atoms with Crippen LogP contribution in [-0.2, 0) is 4.74 Å². The van der Waals surface area contributed by atoms with Crippen molar-refractivity contribution in [3.05, 3.63) is 12.7 Å². The molecule has 1 amide bonds. The fourth-order valence-electron chi connectivity index (χ4n) is 2.66. The van der Waals surface area contributed by atoms with E-state index < -0.39 is 0 Å². The van der Waals surface area contributed by atoms with E-state index in [1.54, 1.807) is 6.08 Å². The molecule has 15 heavy (non-hydrogen) atoms. The van der Waals surface area contributed by atoms with Crippen LogP contribution in [0, 0.1) is 5.92 Å². The summed E-state index contributed by atoms with van der Waals surface area (Å²) in [5, 5.41) is 2.87. The van der Waals surface area contributed by atoms with Crippen LogP contribution >= 0.6 is 0 Å². The van der Waals surface area contributed by atoms with E-state index in [-0.39, 0.29) is 18.2 Å². The van der Waals surface area contributed by atoms with Crippen molar-refractivity contribution in [2.24, 2.45) is 5.92 Å². The van der Waals surface area contributed by atoms with E-state index >= 15 is 0 Å². The Kier molecular flexibility index (Phi) is 3.29. The summed E-state index contributed by atoms with van der Waals surface area (Å²) in [5.74, 6) is 0.758. The summed E-state index contributed by atoms with van der Waals surface area (Å²) >= 11 is 0. The van der Waals surface area contributed by atoms with Crippen LogP contribution in [0.1, 0.15) is 38.5 Å². The van der Waals surface area contributed by atoms with Crippen molar-refractivity contribution in [1.82, 2.24) is 5.32 Å². The number of carbonyl (C=O) groups is 1. The minimum absolute atomic E-state index is 0.126. The Morgan fingerprint density at radius 2 is 2.13 bits per heavy atom. The molecule has 2 aliphatic rings. The molecule has 0 aromatic carbocycles. The number of rotatable bonds is 3. The number of ether oxygens (including phenoxy) is 1. The lowest BCUT2D eigenvalue weighted by molar-refractivity contribution is 0.149. The maximum atomic E-state index is 11.1. The normalized spacial score (nSPS) is 32.1. The van der Waals surface area contributed by atoms with Gasteiger partial charge in [0.1, 0.15) is 6.10 Å². The van der Waals surface area contributed by atoms with Gasteiger partial charge in [0, 0.05) is 0 Å². The Balaban J connectivity index is 1.86. The highest BCUT2D eigenvalue weighted by Gasteiger charge is 2.33.